The van der Waals surface area contributed by atoms with E-state index in [0.29, 0.717) is 5.92 Å². The number of hydrogen-bond acceptors (Lipinski definition) is 4. The van der Waals surface area contributed by atoms with Crippen LogP contribution in [0.5, 0.6) is 0 Å². The number of aromatic nitrogens is 4. The fourth-order valence-electron chi connectivity index (χ4n) is 3.24. The van der Waals surface area contributed by atoms with Crippen LogP contribution in [-0.4, -0.2) is 25.7 Å². The number of hydrogen-bond donors (Lipinski definition) is 1. The second kappa shape index (κ2) is 6.84. The fourth-order valence-corrected chi connectivity index (χ4v) is 3.24. The summed E-state index contributed by atoms with van der Waals surface area (Å²) in [6.45, 7) is 0.910. The number of pyridine rings is 1. The third-order valence-electron chi connectivity index (χ3n) is 4.56. The highest BCUT2D eigenvalue weighted by Crippen LogP contribution is 2.28. The minimum absolute atomic E-state index is 0.0572. The first kappa shape index (κ1) is 15.5. The standard InChI is InChI=1S/C19H19N5O/c25-19(11-17-3-1-2-10-20-17)22-16-7-4-14(5-8-16)15-6-9-18-23-21-13-24(18)12-15/h1-5,7-8,10,13,15H,6,9,11-12H2,(H,22,25)/t15-/m0/s1. The molecule has 1 aliphatic heterocycles. The lowest BCUT2D eigenvalue weighted by Gasteiger charge is -2.23. The smallest absolute Gasteiger partial charge is 0.230 e. The zero-order valence-corrected chi connectivity index (χ0v) is 13.8. The normalized spacial score (nSPS) is 16.2. The maximum absolute atomic E-state index is 12.1. The van der Waals surface area contributed by atoms with Gasteiger partial charge in [0.25, 0.3) is 0 Å². The Morgan fingerprint density at radius 1 is 1.20 bits per heavy atom. The van der Waals surface area contributed by atoms with E-state index in [0.717, 1.165) is 36.6 Å². The van der Waals surface area contributed by atoms with Crippen LogP contribution in [0.15, 0.2) is 55.0 Å². The van der Waals surface area contributed by atoms with Gasteiger partial charge in [-0.15, -0.1) is 10.2 Å². The number of nitrogens with zero attached hydrogens (tertiary/aromatic N) is 4. The van der Waals surface area contributed by atoms with Gasteiger partial charge in [0.1, 0.15) is 12.2 Å². The molecule has 3 heterocycles. The molecule has 0 spiro atoms. The fraction of sp³-hybridized carbons (Fsp3) is 0.263. The van der Waals surface area contributed by atoms with Crippen LogP contribution in [0.4, 0.5) is 5.69 Å². The molecule has 0 bridgehead atoms. The second-order valence-electron chi connectivity index (χ2n) is 6.30. The van der Waals surface area contributed by atoms with E-state index in [1.165, 1.54) is 5.56 Å². The number of aryl methyl sites for hydroxylation is 1. The first-order valence-electron chi connectivity index (χ1n) is 8.44. The number of anilines is 1. The van der Waals surface area contributed by atoms with Gasteiger partial charge in [-0.2, -0.15) is 0 Å². The lowest BCUT2D eigenvalue weighted by Crippen LogP contribution is -2.18. The molecule has 0 saturated carbocycles. The lowest BCUT2D eigenvalue weighted by atomic mass is 9.91. The van der Waals surface area contributed by atoms with E-state index in [2.05, 4.69) is 37.2 Å². The molecule has 1 N–H and O–H groups in total. The van der Waals surface area contributed by atoms with Crippen molar-refractivity contribution in [1.29, 1.82) is 0 Å². The van der Waals surface area contributed by atoms with E-state index in [-0.39, 0.29) is 12.3 Å². The summed E-state index contributed by atoms with van der Waals surface area (Å²) in [4.78, 5) is 16.3. The molecule has 6 nitrogen and oxygen atoms in total. The van der Waals surface area contributed by atoms with Crippen LogP contribution in [0.2, 0.25) is 0 Å². The summed E-state index contributed by atoms with van der Waals surface area (Å²) in [5.74, 6) is 1.47. The number of carbonyl (C=O) groups is 1. The molecule has 0 unspecified atom stereocenters. The van der Waals surface area contributed by atoms with Crippen molar-refractivity contribution in [2.24, 2.45) is 0 Å². The quantitative estimate of drug-likeness (QED) is 0.796. The van der Waals surface area contributed by atoms with Crippen molar-refractivity contribution in [3.63, 3.8) is 0 Å². The molecule has 0 fully saturated rings. The van der Waals surface area contributed by atoms with Crippen LogP contribution in [0.3, 0.4) is 0 Å². The monoisotopic (exact) mass is 333 g/mol. The van der Waals surface area contributed by atoms with Gasteiger partial charge in [0, 0.05) is 36.5 Å². The van der Waals surface area contributed by atoms with Crippen molar-refractivity contribution in [2.45, 2.75) is 31.7 Å². The Kier molecular flexibility index (Phi) is 4.24. The molecule has 1 atom stereocenters. The molecule has 1 aromatic carbocycles. The Morgan fingerprint density at radius 3 is 2.88 bits per heavy atom. The van der Waals surface area contributed by atoms with Crippen molar-refractivity contribution in [2.75, 3.05) is 5.32 Å². The van der Waals surface area contributed by atoms with Crippen molar-refractivity contribution in [3.05, 3.63) is 72.1 Å². The SMILES string of the molecule is O=C(Cc1ccccn1)Nc1ccc([C@H]2CCc3nncn3C2)cc1. The molecule has 25 heavy (non-hydrogen) atoms. The number of amides is 1. The summed E-state index contributed by atoms with van der Waals surface area (Å²) in [5.41, 5.74) is 2.86. The average Bonchev–Trinajstić information content (AvgIpc) is 3.11. The van der Waals surface area contributed by atoms with Gasteiger partial charge in [0.2, 0.25) is 5.91 Å². The lowest BCUT2D eigenvalue weighted by molar-refractivity contribution is -0.115. The summed E-state index contributed by atoms with van der Waals surface area (Å²) in [5, 5.41) is 11.0. The third-order valence-corrected chi connectivity index (χ3v) is 4.56. The van der Waals surface area contributed by atoms with Gasteiger partial charge in [-0.25, -0.2) is 0 Å². The van der Waals surface area contributed by atoms with Crippen LogP contribution < -0.4 is 5.32 Å². The van der Waals surface area contributed by atoms with Crippen LogP contribution in [0, 0.1) is 0 Å². The minimum atomic E-state index is -0.0572. The number of nitrogens with one attached hydrogen (secondary N) is 1. The van der Waals surface area contributed by atoms with Gasteiger partial charge in [0.05, 0.1) is 6.42 Å². The van der Waals surface area contributed by atoms with Crippen molar-refractivity contribution in [1.82, 2.24) is 19.7 Å². The van der Waals surface area contributed by atoms with E-state index < -0.39 is 0 Å². The summed E-state index contributed by atoms with van der Waals surface area (Å²) in [7, 11) is 0. The molecule has 0 saturated heterocycles. The Balaban J connectivity index is 1.38. The Labute approximate surface area is 145 Å². The summed E-state index contributed by atoms with van der Waals surface area (Å²) >= 11 is 0. The van der Waals surface area contributed by atoms with E-state index in [1.807, 2.05) is 30.3 Å². The van der Waals surface area contributed by atoms with Crippen molar-refractivity contribution >= 4 is 11.6 Å². The Morgan fingerprint density at radius 2 is 2.08 bits per heavy atom. The van der Waals surface area contributed by atoms with Gasteiger partial charge >= 0.3 is 0 Å². The van der Waals surface area contributed by atoms with E-state index >= 15 is 0 Å². The average molecular weight is 333 g/mol. The number of fused-ring (bicyclic) bond motifs is 1. The molecule has 0 aliphatic carbocycles. The number of rotatable bonds is 4. The van der Waals surface area contributed by atoms with Gasteiger partial charge in [0.15, 0.2) is 0 Å². The van der Waals surface area contributed by atoms with Crippen LogP contribution >= 0.6 is 0 Å². The molecule has 2 aromatic heterocycles. The first-order chi connectivity index (χ1) is 12.3. The molecule has 3 aromatic rings. The predicted molar refractivity (Wildman–Crippen MR) is 94.1 cm³/mol. The summed E-state index contributed by atoms with van der Waals surface area (Å²) in [6.07, 6.45) is 5.80. The largest absolute Gasteiger partial charge is 0.326 e. The topological polar surface area (TPSA) is 72.7 Å². The van der Waals surface area contributed by atoms with Crippen LogP contribution in [-0.2, 0) is 24.2 Å². The number of carbonyl (C=O) groups excluding carboxylic acids is 1. The predicted octanol–water partition coefficient (Wildman–Crippen LogP) is 2.58. The molecule has 1 aliphatic rings. The van der Waals surface area contributed by atoms with Crippen molar-refractivity contribution < 1.29 is 4.79 Å². The zero-order valence-electron chi connectivity index (χ0n) is 13.8. The van der Waals surface area contributed by atoms with E-state index in [1.54, 1.807) is 12.5 Å². The van der Waals surface area contributed by atoms with Gasteiger partial charge in [-0.1, -0.05) is 18.2 Å². The maximum atomic E-state index is 12.1. The van der Waals surface area contributed by atoms with Crippen LogP contribution in [0.1, 0.15) is 29.4 Å². The zero-order chi connectivity index (χ0) is 17.1. The minimum Gasteiger partial charge on any atom is -0.326 e. The van der Waals surface area contributed by atoms with Gasteiger partial charge < -0.3 is 9.88 Å². The van der Waals surface area contributed by atoms with Gasteiger partial charge in [-0.3, -0.25) is 9.78 Å². The van der Waals surface area contributed by atoms with E-state index in [9.17, 15) is 4.79 Å². The summed E-state index contributed by atoms with van der Waals surface area (Å²) < 4.78 is 2.12. The van der Waals surface area contributed by atoms with Crippen molar-refractivity contribution in [3.8, 4) is 0 Å². The summed E-state index contributed by atoms with van der Waals surface area (Å²) in [6, 6.07) is 13.7. The molecule has 0 radical (unpaired) electrons. The molecule has 4 rings (SSSR count). The number of benzene rings is 1. The Hall–Kier alpha value is -3.02. The highest BCUT2D eigenvalue weighted by atomic mass is 16.1. The second-order valence-corrected chi connectivity index (χ2v) is 6.30. The maximum Gasteiger partial charge on any atom is 0.230 e. The molecule has 1 amide bonds. The molecule has 6 heteroatoms. The van der Waals surface area contributed by atoms with Gasteiger partial charge in [-0.05, 0) is 36.2 Å². The van der Waals surface area contributed by atoms with E-state index in [4.69, 9.17) is 0 Å². The molecule has 126 valence electrons. The first-order valence-corrected chi connectivity index (χ1v) is 8.44. The molecular weight excluding hydrogens is 314 g/mol. The Bertz CT molecular complexity index is 857. The molecular formula is C19H19N5O. The van der Waals surface area contributed by atoms with Crippen LogP contribution in [0.25, 0.3) is 0 Å². The highest BCUT2D eigenvalue weighted by molar-refractivity contribution is 5.92. The highest BCUT2D eigenvalue weighted by Gasteiger charge is 2.20. The third kappa shape index (κ3) is 3.57.